The van der Waals surface area contributed by atoms with Crippen molar-refractivity contribution >= 4 is 40.6 Å². The summed E-state index contributed by atoms with van der Waals surface area (Å²) in [6.07, 6.45) is 0. The topological polar surface area (TPSA) is 55.1 Å². The van der Waals surface area contributed by atoms with Crippen LogP contribution in [0.4, 0.5) is 11.4 Å². The van der Waals surface area contributed by atoms with Crippen molar-refractivity contribution in [2.24, 2.45) is 5.92 Å². The average molecular weight is 301 g/mol. The van der Waals surface area contributed by atoms with Gasteiger partial charge in [0.15, 0.2) is 0 Å². The average Bonchev–Trinajstić information content (AvgIpc) is 2.33. The van der Waals surface area contributed by atoms with E-state index in [-0.39, 0.29) is 11.2 Å². The van der Waals surface area contributed by atoms with Crippen molar-refractivity contribution < 1.29 is 4.79 Å². The van der Waals surface area contributed by atoms with Crippen LogP contribution in [0.5, 0.6) is 0 Å². The highest BCUT2D eigenvalue weighted by Crippen LogP contribution is 2.27. The molecule has 0 aliphatic heterocycles. The Kier molecular flexibility index (Phi) is 6.01. The normalized spacial score (nSPS) is 14.2. The van der Waals surface area contributed by atoms with Gasteiger partial charge < -0.3 is 11.1 Å². The molecular formula is C14H21ClN2OS. The van der Waals surface area contributed by atoms with Gasteiger partial charge in [-0.3, -0.25) is 4.79 Å². The largest absolute Gasteiger partial charge is 0.397 e. The molecule has 2 atom stereocenters. The fourth-order valence-electron chi connectivity index (χ4n) is 1.41. The minimum atomic E-state index is -0.129. The highest BCUT2D eigenvalue weighted by molar-refractivity contribution is 8.01. The third kappa shape index (κ3) is 4.96. The van der Waals surface area contributed by atoms with Crippen LogP contribution in [-0.2, 0) is 4.79 Å². The number of nitrogens with two attached hydrogens (primary N) is 1. The predicted molar refractivity (Wildman–Crippen MR) is 85.8 cm³/mol. The van der Waals surface area contributed by atoms with Crippen molar-refractivity contribution in [2.45, 2.75) is 38.2 Å². The van der Waals surface area contributed by atoms with E-state index in [1.807, 2.05) is 6.92 Å². The monoisotopic (exact) mass is 300 g/mol. The highest BCUT2D eigenvalue weighted by atomic mass is 35.5. The molecule has 1 amide bonds. The summed E-state index contributed by atoms with van der Waals surface area (Å²) in [7, 11) is 0. The van der Waals surface area contributed by atoms with Crippen LogP contribution in [0.3, 0.4) is 0 Å². The summed E-state index contributed by atoms with van der Waals surface area (Å²) in [5, 5.41) is 3.68. The molecule has 5 heteroatoms. The molecule has 0 aliphatic carbocycles. The van der Waals surface area contributed by atoms with E-state index < -0.39 is 0 Å². The molecule has 1 rings (SSSR count). The molecular weight excluding hydrogens is 280 g/mol. The minimum absolute atomic E-state index is 0.0496. The second-order valence-corrected chi connectivity index (χ2v) is 7.11. The van der Waals surface area contributed by atoms with E-state index in [1.54, 1.807) is 30.0 Å². The molecule has 0 bridgehead atoms. The number of nitrogens with one attached hydrogen (secondary N) is 1. The number of hydrogen-bond donors (Lipinski definition) is 2. The Morgan fingerprint density at radius 1 is 1.32 bits per heavy atom. The van der Waals surface area contributed by atoms with E-state index in [0.29, 0.717) is 27.6 Å². The number of benzene rings is 1. The van der Waals surface area contributed by atoms with Crippen LogP contribution in [-0.4, -0.2) is 16.4 Å². The number of rotatable bonds is 5. The molecule has 2 unspecified atom stereocenters. The van der Waals surface area contributed by atoms with Gasteiger partial charge in [0, 0.05) is 10.3 Å². The molecule has 1 aromatic carbocycles. The van der Waals surface area contributed by atoms with E-state index in [1.165, 1.54) is 0 Å². The maximum absolute atomic E-state index is 12.1. The summed E-state index contributed by atoms with van der Waals surface area (Å²) in [6, 6.07) is 5.05. The molecule has 3 nitrogen and oxygen atoms in total. The van der Waals surface area contributed by atoms with Gasteiger partial charge in [-0.25, -0.2) is 0 Å². The highest BCUT2D eigenvalue weighted by Gasteiger charge is 2.19. The third-order valence-corrected chi connectivity index (χ3v) is 4.83. The van der Waals surface area contributed by atoms with Crippen molar-refractivity contribution in [3.63, 3.8) is 0 Å². The van der Waals surface area contributed by atoms with Crippen molar-refractivity contribution in [3.8, 4) is 0 Å². The number of thioether (sulfide) groups is 1. The molecule has 19 heavy (non-hydrogen) atoms. The van der Waals surface area contributed by atoms with Crippen molar-refractivity contribution in [1.29, 1.82) is 0 Å². The summed E-state index contributed by atoms with van der Waals surface area (Å²) in [5.41, 5.74) is 6.90. The Bertz CT molecular complexity index is 451. The zero-order chi connectivity index (χ0) is 14.6. The van der Waals surface area contributed by atoms with Gasteiger partial charge in [-0.2, -0.15) is 0 Å². The van der Waals surface area contributed by atoms with Gasteiger partial charge in [-0.1, -0.05) is 32.4 Å². The lowest BCUT2D eigenvalue weighted by atomic mass is 10.2. The lowest BCUT2D eigenvalue weighted by molar-refractivity contribution is -0.115. The smallest absolute Gasteiger partial charge is 0.237 e. The third-order valence-electron chi connectivity index (χ3n) is 3.00. The molecule has 106 valence electrons. The first-order valence-corrected chi connectivity index (χ1v) is 7.64. The lowest BCUT2D eigenvalue weighted by Crippen LogP contribution is -2.25. The molecule has 3 N–H and O–H groups in total. The molecule has 0 radical (unpaired) electrons. The minimum Gasteiger partial charge on any atom is -0.397 e. The molecule has 0 aromatic heterocycles. The molecule has 0 heterocycles. The Hall–Kier alpha value is -0.870. The Morgan fingerprint density at radius 3 is 2.53 bits per heavy atom. The van der Waals surface area contributed by atoms with Gasteiger partial charge in [0.05, 0.1) is 16.6 Å². The van der Waals surface area contributed by atoms with Crippen molar-refractivity contribution in [1.82, 2.24) is 0 Å². The Morgan fingerprint density at radius 2 is 1.95 bits per heavy atom. The van der Waals surface area contributed by atoms with Gasteiger partial charge in [0.1, 0.15) is 0 Å². The van der Waals surface area contributed by atoms with Gasteiger partial charge in [-0.05, 0) is 31.0 Å². The molecule has 1 aromatic rings. The van der Waals surface area contributed by atoms with Gasteiger partial charge >= 0.3 is 0 Å². The molecule has 0 saturated carbocycles. The number of amides is 1. The van der Waals surface area contributed by atoms with Gasteiger partial charge in [-0.15, -0.1) is 11.8 Å². The number of halogens is 1. The SMILES string of the molecule is CC(SC(C)C(C)C)C(=O)Nc1cc(Cl)ccc1N. The van der Waals surface area contributed by atoms with Gasteiger partial charge in [0.25, 0.3) is 0 Å². The van der Waals surface area contributed by atoms with Crippen LogP contribution in [0.1, 0.15) is 27.7 Å². The van der Waals surface area contributed by atoms with Crippen molar-refractivity contribution in [2.75, 3.05) is 11.1 Å². The first-order valence-electron chi connectivity index (χ1n) is 6.32. The van der Waals surface area contributed by atoms with E-state index in [9.17, 15) is 4.79 Å². The first kappa shape index (κ1) is 16.2. The number of hydrogen-bond acceptors (Lipinski definition) is 3. The second kappa shape index (κ2) is 7.06. The van der Waals surface area contributed by atoms with Crippen molar-refractivity contribution in [3.05, 3.63) is 23.2 Å². The molecule has 0 spiro atoms. The van der Waals surface area contributed by atoms with Gasteiger partial charge in [0.2, 0.25) is 5.91 Å². The Balaban J connectivity index is 2.66. The first-order chi connectivity index (χ1) is 8.81. The van der Waals surface area contributed by atoms with Crippen LogP contribution < -0.4 is 11.1 Å². The summed E-state index contributed by atoms with van der Waals surface area (Å²) in [4.78, 5) is 12.1. The number of carbonyl (C=O) groups excluding carboxylic acids is 1. The molecule has 0 saturated heterocycles. The summed E-state index contributed by atoms with van der Waals surface area (Å²) >= 11 is 7.55. The fraction of sp³-hybridized carbons (Fsp3) is 0.500. The zero-order valence-corrected chi connectivity index (χ0v) is 13.3. The lowest BCUT2D eigenvalue weighted by Gasteiger charge is -2.20. The number of anilines is 2. The molecule has 0 fully saturated rings. The van der Waals surface area contributed by atoms with E-state index in [2.05, 4.69) is 26.1 Å². The predicted octanol–water partition coefficient (Wildman–Crippen LogP) is 4.03. The van der Waals surface area contributed by atoms with Crippen LogP contribution in [0.2, 0.25) is 5.02 Å². The molecule has 0 aliphatic rings. The fourth-order valence-corrected chi connectivity index (χ4v) is 2.72. The maximum atomic E-state index is 12.1. The van der Waals surface area contributed by atoms with E-state index >= 15 is 0 Å². The van der Waals surface area contributed by atoms with Crippen LogP contribution in [0, 0.1) is 5.92 Å². The maximum Gasteiger partial charge on any atom is 0.237 e. The summed E-state index contributed by atoms with van der Waals surface area (Å²) in [6.45, 7) is 8.33. The zero-order valence-electron chi connectivity index (χ0n) is 11.7. The number of carbonyl (C=O) groups is 1. The summed E-state index contributed by atoms with van der Waals surface area (Å²) < 4.78 is 0. The van der Waals surface area contributed by atoms with E-state index in [4.69, 9.17) is 17.3 Å². The van der Waals surface area contributed by atoms with Crippen LogP contribution in [0.25, 0.3) is 0 Å². The van der Waals surface area contributed by atoms with Crippen LogP contribution in [0.15, 0.2) is 18.2 Å². The second-order valence-electron chi connectivity index (χ2n) is 4.95. The van der Waals surface area contributed by atoms with Crippen LogP contribution >= 0.6 is 23.4 Å². The summed E-state index contributed by atoms with van der Waals surface area (Å²) in [5.74, 6) is 0.489. The number of nitrogen functional groups attached to an aromatic ring is 1. The quantitative estimate of drug-likeness (QED) is 0.807. The van der Waals surface area contributed by atoms with E-state index in [0.717, 1.165) is 0 Å². The Labute approximate surface area is 124 Å². The standard InChI is InChI=1S/C14H21ClN2OS/c1-8(2)9(3)19-10(4)14(18)17-13-7-11(15)5-6-12(13)16/h5-10H,16H2,1-4H3,(H,17,18).